The maximum atomic E-state index is 12.9. The van der Waals surface area contributed by atoms with E-state index in [4.69, 9.17) is 5.73 Å². The Morgan fingerprint density at radius 3 is 2.47 bits per heavy atom. The number of nitrogens with zero attached hydrogens (tertiary/aromatic N) is 2. The van der Waals surface area contributed by atoms with E-state index in [9.17, 15) is 19.5 Å². The van der Waals surface area contributed by atoms with Gasteiger partial charge in [0.25, 0.3) is 5.56 Å². The Kier molecular flexibility index (Phi) is 6.16. The number of hydrogen-bond acceptors (Lipinski definition) is 5. The van der Waals surface area contributed by atoms with Crippen molar-refractivity contribution in [1.29, 1.82) is 0 Å². The van der Waals surface area contributed by atoms with Gasteiger partial charge in [-0.25, -0.2) is 9.78 Å². The van der Waals surface area contributed by atoms with E-state index in [1.165, 1.54) is 22.8 Å². The number of carboxylic acid groups (broad SMARTS) is 1. The largest absolute Gasteiger partial charge is 0.478 e. The fourth-order valence-corrected chi connectivity index (χ4v) is 3.14. The number of aromatic carboxylic acids is 1. The normalized spacial score (nSPS) is 11.2. The molecular formula is C24H26N4O4. The summed E-state index contributed by atoms with van der Waals surface area (Å²) < 4.78 is 1.47. The van der Waals surface area contributed by atoms with Crippen molar-refractivity contribution in [3.8, 4) is 11.3 Å². The maximum Gasteiger partial charge on any atom is 0.335 e. The average Bonchev–Trinajstić information content (AvgIpc) is 2.70. The van der Waals surface area contributed by atoms with E-state index in [-0.39, 0.29) is 23.6 Å². The number of carbonyl (C=O) groups is 2. The van der Waals surface area contributed by atoms with Crippen LogP contribution in [0.4, 0.5) is 11.4 Å². The lowest BCUT2D eigenvalue weighted by molar-refractivity contribution is -0.123. The third-order valence-electron chi connectivity index (χ3n) is 4.96. The predicted molar refractivity (Wildman–Crippen MR) is 124 cm³/mol. The van der Waals surface area contributed by atoms with Crippen LogP contribution in [0.5, 0.6) is 0 Å². The van der Waals surface area contributed by atoms with Crippen LogP contribution in [0.3, 0.4) is 0 Å². The molecule has 4 N–H and O–H groups in total. The van der Waals surface area contributed by atoms with Crippen LogP contribution in [0.2, 0.25) is 0 Å². The summed E-state index contributed by atoms with van der Waals surface area (Å²) in [6.07, 6.45) is 0. The van der Waals surface area contributed by atoms with Gasteiger partial charge in [0.15, 0.2) is 0 Å². The van der Waals surface area contributed by atoms with Crippen LogP contribution in [-0.4, -0.2) is 26.5 Å². The number of aromatic nitrogens is 2. The number of carbonyl (C=O) groups excluding carboxylic acids is 1. The third kappa shape index (κ3) is 5.03. The molecule has 0 aliphatic heterocycles. The van der Waals surface area contributed by atoms with Crippen molar-refractivity contribution in [2.24, 2.45) is 5.41 Å². The number of rotatable bonds is 5. The van der Waals surface area contributed by atoms with Gasteiger partial charge in [0, 0.05) is 22.7 Å². The first kappa shape index (κ1) is 22.7. The number of nitrogens with two attached hydrogens (primary N) is 1. The monoisotopic (exact) mass is 434 g/mol. The first-order chi connectivity index (χ1) is 15.0. The van der Waals surface area contributed by atoms with E-state index in [1.54, 1.807) is 58.0 Å². The second kappa shape index (κ2) is 8.66. The van der Waals surface area contributed by atoms with Crippen molar-refractivity contribution >= 4 is 23.3 Å². The molecule has 1 heterocycles. The maximum absolute atomic E-state index is 12.9. The van der Waals surface area contributed by atoms with Crippen molar-refractivity contribution in [1.82, 2.24) is 9.55 Å². The number of aryl methyl sites for hydroxylation is 1. The molecule has 3 aromatic rings. The zero-order valence-corrected chi connectivity index (χ0v) is 18.5. The molecular weight excluding hydrogens is 408 g/mol. The molecule has 8 heteroatoms. The summed E-state index contributed by atoms with van der Waals surface area (Å²) in [5.74, 6) is -0.761. The highest BCUT2D eigenvalue weighted by molar-refractivity contribution is 5.98. The van der Waals surface area contributed by atoms with Crippen molar-refractivity contribution in [3.63, 3.8) is 0 Å². The molecule has 0 saturated heterocycles. The molecule has 0 aliphatic rings. The second-order valence-electron chi connectivity index (χ2n) is 8.63. The number of anilines is 2. The fourth-order valence-electron chi connectivity index (χ4n) is 3.14. The molecule has 3 rings (SSSR count). The molecule has 166 valence electrons. The smallest absolute Gasteiger partial charge is 0.335 e. The van der Waals surface area contributed by atoms with E-state index < -0.39 is 11.4 Å². The van der Waals surface area contributed by atoms with Crippen molar-refractivity contribution in [3.05, 3.63) is 75.8 Å². The van der Waals surface area contributed by atoms with Gasteiger partial charge in [-0.05, 0) is 42.8 Å². The van der Waals surface area contributed by atoms with Crippen molar-refractivity contribution in [2.75, 3.05) is 11.1 Å². The molecule has 8 nitrogen and oxygen atoms in total. The molecule has 0 unspecified atom stereocenters. The Bertz CT molecular complexity index is 1260. The number of benzene rings is 2. The molecule has 2 aromatic carbocycles. The standard InChI is InChI=1S/C24H26N4O4/c1-14-26-20(18-9-8-17(25)11-19(18)27-23(32)24(2,3)4)12-21(29)28(14)13-15-6-5-7-16(10-15)22(30)31/h5-12H,13,25H2,1-4H3,(H,27,32)(H,30,31). The SMILES string of the molecule is Cc1nc(-c2ccc(N)cc2NC(=O)C(C)(C)C)cc(=O)n1Cc1cccc(C(=O)O)c1. The molecule has 0 spiro atoms. The lowest BCUT2D eigenvalue weighted by atomic mass is 9.95. The van der Waals surface area contributed by atoms with Crippen molar-refractivity contribution < 1.29 is 14.7 Å². The molecule has 0 saturated carbocycles. The van der Waals surface area contributed by atoms with Crippen LogP contribution in [0, 0.1) is 12.3 Å². The number of carboxylic acids is 1. The Labute approximate surface area is 185 Å². The van der Waals surface area contributed by atoms with Gasteiger partial charge in [0.1, 0.15) is 5.82 Å². The van der Waals surface area contributed by atoms with Gasteiger partial charge in [-0.1, -0.05) is 32.9 Å². The van der Waals surface area contributed by atoms with E-state index in [1.807, 2.05) is 0 Å². The topological polar surface area (TPSA) is 127 Å². The summed E-state index contributed by atoms with van der Waals surface area (Å²) in [6.45, 7) is 7.30. The van der Waals surface area contributed by atoms with Gasteiger partial charge in [-0.15, -0.1) is 0 Å². The minimum Gasteiger partial charge on any atom is -0.478 e. The molecule has 0 atom stereocenters. The van der Waals surface area contributed by atoms with E-state index in [2.05, 4.69) is 10.3 Å². The van der Waals surface area contributed by atoms with E-state index in [0.29, 0.717) is 34.0 Å². The lowest BCUT2D eigenvalue weighted by Gasteiger charge is -2.20. The highest BCUT2D eigenvalue weighted by atomic mass is 16.4. The first-order valence-electron chi connectivity index (χ1n) is 10.1. The van der Waals surface area contributed by atoms with E-state index in [0.717, 1.165) is 0 Å². The molecule has 0 radical (unpaired) electrons. The molecule has 1 aromatic heterocycles. The molecule has 1 amide bonds. The van der Waals surface area contributed by atoms with Gasteiger partial charge >= 0.3 is 5.97 Å². The van der Waals surface area contributed by atoms with Crippen LogP contribution < -0.4 is 16.6 Å². The number of amides is 1. The third-order valence-corrected chi connectivity index (χ3v) is 4.96. The molecule has 0 fully saturated rings. The van der Waals surface area contributed by atoms with Gasteiger partial charge in [-0.2, -0.15) is 0 Å². The van der Waals surface area contributed by atoms with Gasteiger partial charge in [0.05, 0.1) is 23.5 Å². The van der Waals surface area contributed by atoms with Crippen LogP contribution in [0.1, 0.15) is 42.5 Å². The lowest BCUT2D eigenvalue weighted by Crippen LogP contribution is -2.28. The Balaban J connectivity index is 2.00. The molecule has 32 heavy (non-hydrogen) atoms. The molecule has 0 bridgehead atoms. The van der Waals surface area contributed by atoms with Crippen LogP contribution >= 0.6 is 0 Å². The first-order valence-corrected chi connectivity index (χ1v) is 10.1. The summed E-state index contributed by atoms with van der Waals surface area (Å²) in [5, 5.41) is 12.1. The highest BCUT2D eigenvalue weighted by Gasteiger charge is 2.23. The number of hydrogen-bond donors (Lipinski definition) is 3. The minimum absolute atomic E-state index is 0.152. The summed E-state index contributed by atoms with van der Waals surface area (Å²) in [5.41, 5.74) is 7.78. The van der Waals surface area contributed by atoms with Crippen LogP contribution in [-0.2, 0) is 11.3 Å². The van der Waals surface area contributed by atoms with Crippen LogP contribution in [0.15, 0.2) is 53.3 Å². The Morgan fingerprint density at radius 2 is 1.84 bits per heavy atom. The highest BCUT2D eigenvalue weighted by Crippen LogP contribution is 2.30. The zero-order chi connectivity index (χ0) is 23.6. The van der Waals surface area contributed by atoms with Gasteiger partial charge in [-0.3, -0.25) is 14.2 Å². The summed E-state index contributed by atoms with van der Waals surface area (Å²) in [4.78, 5) is 41.2. The Hall–Kier alpha value is -3.94. The number of nitrogen functional groups attached to an aromatic ring is 1. The number of nitrogens with one attached hydrogen (secondary N) is 1. The minimum atomic E-state index is -1.03. The summed E-state index contributed by atoms with van der Waals surface area (Å²) in [6, 6.07) is 12.9. The van der Waals surface area contributed by atoms with Gasteiger partial charge < -0.3 is 16.2 Å². The molecule has 0 aliphatic carbocycles. The quantitative estimate of drug-likeness (QED) is 0.527. The zero-order valence-electron chi connectivity index (χ0n) is 18.5. The second-order valence-corrected chi connectivity index (χ2v) is 8.63. The Morgan fingerprint density at radius 1 is 1.12 bits per heavy atom. The van der Waals surface area contributed by atoms with Crippen LogP contribution in [0.25, 0.3) is 11.3 Å². The fraction of sp³-hybridized carbons (Fsp3) is 0.250. The van der Waals surface area contributed by atoms with Crippen molar-refractivity contribution in [2.45, 2.75) is 34.2 Å². The predicted octanol–water partition coefficient (Wildman–Crippen LogP) is 3.53. The summed E-state index contributed by atoms with van der Waals surface area (Å²) >= 11 is 0. The van der Waals surface area contributed by atoms with Gasteiger partial charge in [0.2, 0.25) is 5.91 Å². The average molecular weight is 434 g/mol. The van der Waals surface area contributed by atoms with E-state index >= 15 is 0 Å². The summed E-state index contributed by atoms with van der Waals surface area (Å²) in [7, 11) is 0.